The molecular weight excluding hydrogens is 769 g/mol. The van der Waals surface area contributed by atoms with E-state index in [1.807, 2.05) is 49.4 Å². The van der Waals surface area contributed by atoms with Crippen molar-refractivity contribution in [2.75, 3.05) is 7.11 Å². The topological polar surface area (TPSA) is 65.7 Å². The maximum atomic E-state index is 13.2. The van der Waals surface area contributed by atoms with Crippen LogP contribution < -0.4 is 15.0 Å². The second-order valence-corrected chi connectivity index (χ2v) is 11.7. The number of rotatable bonds is 8. The fraction of sp³-hybridized carbons (Fsp3) is 0.192. The third-order valence-corrected chi connectivity index (χ3v) is 7.84. The van der Waals surface area contributed by atoms with E-state index < -0.39 is 0 Å². The first kappa shape index (κ1) is 27.3. The highest BCUT2D eigenvalue weighted by atomic mass is 127. The van der Waals surface area contributed by atoms with Crippen LogP contribution in [0.1, 0.15) is 30.3 Å². The molecule has 36 heavy (non-hydrogen) atoms. The molecule has 10 heteroatoms. The predicted octanol–water partition coefficient (Wildman–Crippen LogP) is 7.71. The van der Waals surface area contributed by atoms with Gasteiger partial charge in [0.15, 0.2) is 11.5 Å². The molecule has 0 amide bonds. The Hall–Kier alpha value is -1.76. The summed E-state index contributed by atoms with van der Waals surface area (Å²) in [5.74, 6) is 1.85. The number of aryl methyl sites for hydroxylation is 1. The van der Waals surface area contributed by atoms with Crippen molar-refractivity contribution in [2.24, 2.45) is 5.10 Å². The first-order valence-electron chi connectivity index (χ1n) is 11.0. The second-order valence-electron chi connectivity index (χ2n) is 7.86. The van der Waals surface area contributed by atoms with Gasteiger partial charge in [-0.2, -0.15) is 9.78 Å². The zero-order chi connectivity index (χ0) is 25.8. The molecular formula is C26H21Br3IN3O3. The van der Waals surface area contributed by atoms with Crippen molar-refractivity contribution < 1.29 is 9.47 Å². The van der Waals surface area contributed by atoms with Gasteiger partial charge < -0.3 is 9.47 Å². The number of aromatic nitrogens is 2. The largest absolute Gasteiger partial charge is 0.493 e. The lowest BCUT2D eigenvalue weighted by Crippen LogP contribution is -2.22. The van der Waals surface area contributed by atoms with Gasteiger partial charge in [0.25, 0.3) is 5.56 Å². The summed E-state index contributed by atoms with van der Waals surface area (Å²) in [5, 5.41) is 5.04. The zero-order valence-corrected chi connectivity index (χ0v) is 26.3. The van der Waals surface area contributed by atoms with E-state index in [-0.39, 0.29) is 5.56 Å². The highest BCUT2D eigenvalue weighted by Crippen LogP contribution is 2.35. The van der Waals surface area contributed by atoms with Crippen LogP contribution in [0.4, 0.5) is 0 Å². The summed E-state index contributed by atoms with van der Waals surface area (Å²) < 4.78 is 16.7. The minimum absolute atomic E-state index is 0.206. The molecule has 0 fully saturated rings. The number of nitrogens with zero attached hydrogens (tertiary/aromatic N) is 3. The summed E-state index contributed by atoms with van der Waals surface area (Å²) in [5.41, 5.74) is 2.24. The second kappa shape index (κ2) is 12.2. The molecule has 0 saturated carbocycles. The molecule has 0 aliphatic rings. The Morgan fingerprint density at radius 2 is 1.83 bits per heavy atom. The number of fused-ring (bicyclic) bond motifs is 1. The van der Waals surface area contributed by atoms with Crippen LogP contribution in [0.15, 0.2) is 71.8 Å². The number of methoxy groups -OCH3 is 1. The van der Waals surface area contributed by atoms with Gasteiger partial charge in [-0.25, -0.2) is 4.98 Å². The Morgan fingerprint density at radius 3 is 2.56 bits per heavy atom. The Kier molecular flexibility index (Phi) is 9.24. The van der Waals surface area contributed by atoms with Gasteiger partial charge in [0, 0.05) is 25.4 Å². The average molecular weight is 790 g/mol. The summed E-state index contributed by atoms with van der Waals surface area (Å²) in [6, 6.07) is 15.2. The van der Waals surface area contributed by atoms with Crippen molar-refractivity contribution in [1.82, 2.24) is 9.66 Å². The third-order valence-electron chi connectivity index (χ3n) is 5.31. The molecule has 1 heterocycles. The quantitative estimate of drug-likeness (QED) is 0.136. The SMILES string of the molecule is CCCc1nc2ccc(Br)cc2c(=O)n1N=Cc1cc(I)c(OCc2ccc(Br)cc2Br)c(OC)c1. The molecule has 4 aromatic rings. The van der Waals surface area contributed by atoms with Crippen LogP contribution in [0.5, 0.6) is 11.5 Å². The minimum Gasteiger partial charge on any atom is -0.493 e. The normalized spacial score (nSPS) is 11.4. The number of ether oxygens (including phenoxy) is 2. The van der Waals surface area contributed by atoms with Crippen LogP contribution in [-0.2, 0) is 13.0 Å². The molecule has 1 aromatic heterocycles. The minimum atomic E-state index is -0.206. The maximum absolute atomic E-state index is 13.2. The van der Waals surface area contributed by atoms with Crippen LogP contribution >= 0.6 is 70.4 Å². The van der Waals surface area contributed by atoms with Crippen LogP contribution in [-0.4, -0.2) is 23.0 Å². The number of benzene rings is 3. The summed E-state index contributed by atoms with van der Waals surface area (Å²) in [6.07, 6.45) is 3.12. The smallest absolute Gasteiger partial charge is 0.282 e. The summed E-state index contributed by atoms with van der Waals surface area (Å²) in [4.78, 5) is 17.9. The van der Waals surface area contributed by atoms with Crippen molar-refractivity contribution in [3.63, 3.8) is 0 Å². The molecule has 3 aromatic carbocycles. The fourth-order valence-corrected chi connectivity index (χ4v) is 5.87. The van der Waals surface area contributed by atoms with Gasteiger partial charge in [-0.1, -0.05) is 60.8 Å². The monoisotopic (exact) mass is 787 g/mol. The standard InChI is InChI=1S/C26H21Br3IN3O3/c1-3-4-24-32-22-8-7-17(27)11-19(22)26(34)33(24)31-13-15-9-21(30)25(23(10-15)35-2)36-14-16-5-6-18(28)12-20(16)29/h5-13H,3-4,14H2,1-2H3. The van der Waals surface area contributed by atoms with E-state index in [9.17, 15) is 4.79 Å². The van der Waals surface area contributed by atoms with Gasteiger partial charge in [-0.05, 0) is 77.0 Å². The Labute approximate surface area is 247 Å². The lowest BCUT2D eigenvalue weighted by atomic mass is 10.2. The molecule has 0 atom stereocenters. The third kappa shape index (κ3) is 6.20. The highest BCUT2D eigenvalue weighted by molar-refractivity contribution is 14.1. The van der Waals surface area contributed by atoms with Crippen LogP contribution in [0.25, 0.3) is 10.9 Å². The van der Waals surface area contributed by atoms with E-state index >= 15 is 0 Å². The van der Waals surface area contributed by atoms with Gasteiger partial charge >= 0.3 is 0 Å². The first-order chi connectivity index (χ1) is 17.3. The Bertz CT molecular complexity index is 1520. The molecule has 0 aliphatic carbocycles. The summed E-state index contributed by atoms with van der Waals surface area (Å²) in [7, 11) is 1.60. The molecule has 0 saturated heterocycles. The van der Waals surface area contributed by atoms with Crippen molar-refractivity contribution in [1.29, 1.82) is 0 Å². The molecule has 186 valence electrons. The molecule has 0 spiro atoms. The molecule has 6 nitrogen and oxygen atoms in total. The van der Waals surface area contributed by atoms with Gasteiger partial charge in [-0.3, -0.25) is 4.79 Å². The van der Waals surface area contributed by atoms with Gasteiger partial charge in [-0.15, -0.1) is 0 Å². The average Bonchev–Trinajstić information content (AvgIpc) is 2.84. The molecule has 4 rings (SSSR count). The number of hydrogen-bond donors (Lipinski definition) is 0. The van der Waals surface area contributed by atoms with E-state index in [1.54, 1.807) is 19.4 Å². The lowest BCUT2D eigenvalue weighted by Gasteiger charge is -2.14. The maximum Gasteiger partial charge on any atom is 0.282 e. The van der Waals surface area contributed by atoms with Crippen molar-refractivity contribution >= 4 is 87.5 Å². The van der Waals surface area contributed by atoms with Crippen molar-refractivity contribution in [3.8, 4) is 11.5 Å². The van der Waals surface area contributed by atoms with E-state index in [2.05, 4.69) is 80.5 Å². The van der Waals surface area contributed by atoms with Crippen molar-refractivity contribution in [3.05, 3.63) is 92.8 Å². The van der Waals surface area contributed by atoms with E-state index in [4.69, 9.17) is 9.47 Å². The Morgan fingerprint density at radius 1 is 1.08 bits per heavy atom. The summed E-state index contributed by atoms with van der Waals surface area (Å²) >= 11 is 12.7. The van der Waals surface area contributed by atoms with Crippen LogP contribution in [0.3, 0.4) is 0 Å². The van der Waals surface area contributed by atoms with Gasteiger partial charge in [0.05, 0.1) is 27.8 Å². The van der Waals surface area contributed by atoms with E-state index in [1.165, 1.54) is 4.68 Å². The lowest BCUT2D eigenvalue weighted by molar-refractivity contribution is 0.281. The van der Waals surface area contributed by atoms with Gasteiger partial charge in [0.1, 0.15) is 12.4 Å². The first-order valence-corrected chi connectivity index (χ1v) is 14.5. The van der Waals surface area contributed by atoms with Crippen molar-refractivity contribution in [2.45, 2.75) is 26.4 Å². The summed E-state index contributed by atoms with van der Waals surface area (Å²) in [6.45, 7) is 2.42. The Balaban J connectivity index is 1.67. The van der Waals surface area contributed by atoms with Gasteiger partial charge in [0.2, 0.25) is 0 Å². The molecule has 0 radical (unpaired) electrons. The molecule has 0 aliphatic heterocycles. The van der Waals surface area contributed by atoms with E-state index in [0.717, 1.165) is 34.5 Å². The molecule has 0 N–H and O–H groups in total. The molecule has 0 unspecified atom stereocenters. The van der Waals surface area contributed by atoms with Crippen LogP contribution in [0.2, 0.25) is 0 Å². The fourth-order valence-electron chi connectivity index (χ4n) is 3.57. The highest BCUT2D eigenvalue weighted by Gasteiger charge is 2.14. The predicted molar refractivity (Wildman–Crippen MR) is 163 cm³/mol. The van der Waals surface area contributed by atoms with Crippen LogP contribution in [0, 0.1) is 3.57 Å². The molecule has 0 bridgehead atoms. The number of hydrogen-bond acceptors (Lipinski definition) is 5. The van der Waals surface area contributed by atoms with E-state index in [0.29, 0.717) is 41.3 Å². The zero-order valence-electron chi connectivity index (χ0n) is 19.4. The number of halogens is 4.